The highest BCUT2D eigenvalue weighted by molar-refractivity contribution is 5.78. The number of ether oxygens (including phenoxy) is 2. The largest absolute Gasteiger partial charge is 0.493 e. The first-order valence-corrected chi connectivity index (χ1v) is 8.27. The number of carboxylic acids is 1. The van der Waals surface area contributed by atoms with Crippen LogP contribution in [-0.4, -0.2) is 42.6 Å². The SMILES string of the molecule is CCCCC(=O)N1CCc2cc(OC)c(OC)cc2C1CC(=O)O. The first kappa shape index (κ1) is 18.1. The number of fused-ring (bicyclic) bond motifs is 1. The fraction of sp³-hybridized carbons (Fsp3) is 0.556. The molecule has 24 heavy (non-hydrogen) atoms. The maximum absolute atomic E-state index is 12.5. The van der Waals surface area contributed by atoms with Gasteiger partial charge in [-0.3, -0.25) is 9.59 Å². The Kier molecular flexibility index (Phi) is 6.06. The summed E-state index contributed by atoms with van der Waals surface area (Å²) in [6.07, 6.45) is 2.78. The molecule has 0 saturated carbocycles. The number of rotatable bonds is 7. The Balaban J connectivity index is 2.40. The summed E-state index contributed by atoms with van der Waals surface area (Å²) >= 11 is 0. The summed E-state index contributed by atoms with van der Waals surface area (Å²) in [4.78, 5) is 25.6. The number of amides is 1. The van der Waals surface area contributed by atoms with Crippen LogP contribution in [0.2, 0.25) is 0 Å². The molecule has 1 aromatic carbocycles. The molecule has 1 aliphatic rings. The van der Waals surface area contributed by atoms with Crippen LogP contribution in [0, 0.1) is 0 Å². The Morgan fingerprint density at radius 2 is 1.92 bits per heavy atom. The average Bonchev–Trinajstić information content (AvgIpc) is 2.58. The molecule has 1 heterocycles. The van der Waals surface area contributed by atoms with Gasteiger partial charge in [-0.05, 0) is 36.1 Å². The first-order chi connectivity index (χ1) is 11.5. The summed E-state index contributed by atoms with van der Waals surface area (Å²) in [5, 5.41) is 9.30. The number of aliphatic carboxylic acids is 1. The minimum Gasteiger partial charge on any atom is -0.493 e. The van der Waals surface area contributed by atoms with E-state index in [1.165, 1.54) is 0 Å². The molecule has 1 atom stereocenters. The molecule has 1 aromatic rings. The molecule has 1 unspecified atom stereocenters. The van der Waals surface area contributed by atoms with Gasteiger partial charge >= 0.3 is 5.97 Å². The molecule has 2 rings (SSSR count). The van der Waals surface area contributed by atoms with Crippen molar-refractivity contribution in [2.75, 3.05) is 20.8 Å². The third kappa shape index (κ3) is 3.80. The highest BCUT2D eigenvalue weighted by atomic mass is 16.5. The van der Waals surface area contributed by atoms with Gasteiger partial charge < -0.3 is 19.5 Å². The molecule has 0 fully saturated rings. The van der Waals surface area contributed by atoms with Gasteiger partial charge in [-0.15, -0.1) is 0 Å². The lowest BCUT2D eigenvalue weighted by Gasteiger charge is -2.37. The number of hydrogen-bond donors (Lipinski definition) is 1. The normalized spacial score (nSPS) is 16.5. The van der Waals surface area contributed by atoms with Gasteiger partial charge in [-0.25, -0.2) is 0 Å². The molecule has 132 valence electrons. The number of methoxy groups -OCH3 is 2. The van der Waals surface area contributed by atoms with Crippen molar-refractivity contribution < 1.29 is 24.2 Å². The van der Waals surface area contributed by atoms with Gasteiger partial charge in [0, 0.05) is 13.0 Å². The number of benzene rings is 1. The summed E-state index contributed by atoms with van der Waals surface area (Å²) in [5.74, 6) is 0.269. The molecule has 0 aromatic heterocycles. The molecule has 0 spiro atoms. The predicted molar refractivity (Wildman–Crippen MR) is 89.5 cm³/mol. The number of nitrogens with zero attached hydrogens (tertiary/aromatic N) is 1. The van der Waals surface area contributed by atoms with Gasteiger partial charge in [-0.2, -0.15) is 0 Å². The molecular formula is C18H25NO5. The van der Waals surface area contributed by atoms with Gasteiger partial charge in [-0.1, -0.05) is 13.3 Å². The zero-order valence-corrected chi connectivity index (χ0v) is 14.5. The summed E-state index contributed by atoms with van der Waals surface area (Å²) in [6.45, 7) is 2.56. The van der Waals surface area contributed by atoms with Crippen molar-refractivity contribution >= 4 is 11.9 Å². The lowest BCUT2D eigenvalue weighted by atomic mass is 9.89. The molecule has 1 aliphatic heterocycles. The van der Waals surface area contributed by atoms with Gasteiger partial charge in [0.05, 0.1) is 26.7 Å². The van der Waals surface area contributed by atoms with E-state index in [0.717, 1.165) is 24.0 Å². The van der Waals surface area contributed by atoms with E-state index >= 15 is 0 Å². The molecular weight excluding hydrogens is 310 g/mol. The number of hydrogen-bond acceptors (Lipinski definition) is 4. The Hall–Kier alpha value is -2.24. The highest BCUT2D eigenvalue weighted by Crippen LogP contribution is 2.39. The molecule has 0 aliphatic carbocycles. The summed E-state index contributed by atoms with van der Waals surface area (Å²) in [6, 6.07) is 3.23. The third-order valence-electron chi connectivity index (χ3n) is 4.44. The number of carbonyl (C=O) groups excluding carboxylic acids is 1. The second-order valence-corrected chi connectivity index (χ2v) is 5.96. The molecule has 0 radical (unpaired) electrons. The van der Waals surface area contributed by atoms with Crippen LogP contribution in [0.3, 0.4) is 0 Å². The fourth-order valence-corrected chi connectivity index (χ4v) is 3.18. The Morgan fingerprint density at radius 1 is 1.25 bits per heavy atom. The topological polar surface area (TPSA) is 76.1 Å². The molecule has 0 bridgehead atoms. The van der Waals surface area contributed by atoms with Crippen molar-refractivity contribution in [3.63, 3.8) is 0 Å². The maximum atomic E-state index is 12.5. The van der Waals surface area contributed by atoms with E-state index in [9.17, 15) is 14.7 Å². The molecule has 0 saturated heterocycles. The standard InChI is InChI=1S/C18H25NO5/c1-4-5-6-17(20)19-8-7-12-9-15(23-2)16(24-3)10-13(12)14(19)11-18(21)22/h9-10,14H,4-8,11H2,1-3H3,(H,21,22). The van der Waals surface area contributed by atoms with Gasteiger partial charge in [0.15, 0.2) is 11.5 Å². The third-order valence-corrected chi connectivity index (χ3v) is 4.44. The highest BCUT2D eigenvalue weighted by Gasteiger charge is 2.33. The number of carbonyl (C=O) groups is 2. The number of carboxylic acid groups (broad SMARTS) is 1. The van der Waals surface area contributed by atoms with Crippen LogP contribution in [0.5, 0.6) is 11.5 Å². The maximum Gasteiger partial charge on any atom is 0.305 e. The summed E-state index contributed by atoms with van der Waals surface area (Å²) < 4.78 is 10.7. The smallest absolute Gasteiger partial charge is 0.305 e. The van der Waals surface area contributed by atoms with Crippen LogP contribution in [0.25, 0.3) is 0 Å². The monoisotopic (exact) mass is 335 g/mol. The van der Waals surface area contributed by atoms with Crippen LogP contribution in [0.15, 0.2) is 12.1 Å². The van der Waals surface area contributed by atoms with E-state index < -0.39 is 12.0 Å². The van der Waals surface area contributed by atoms with Crippen LogP contribution in [0.1, 0.15) is 49.8 Å². The van der Waals surface area contributed by atoms with E-state index in [1.807, 2.05) is 13.0 Å². The fourth-order valence-electron chi connectivity index (χ4n) is 3.18. The quantitative estimate of drug-likeness (QED) is 0.829. The van der Waals surface area contributed by atoms with Crippen LogP contribution < -0.4 is 9.47 Å². The minimum absolute atomic E-state index is 0.0172. The second kappa shape index (κ2) is 8.04. The van der Waals surface area contributed by atoms with Crippen molar-refractivity contribution in [2.45, 2.75) is 45.1 Å². The summed E-state index contributed by atoms with van der Waals surface area (Å²) in [7, 11) is 3.12. The van der Waals surface area contributed by atoms with Crippen LogP contribution in [-0.2, 0) is 16.0 Å². The summed E-state index contributed by atoms with van der Waals surface area (Å²) in [5.41, 5.74) is 1.85. The van der Waals surface area contributed by atoms with Crippen molar-refractivity contribution in [3.05, 3.63) is 23.3 Å². The lowest BCUT2D eigenvalue weighted by molar-refractivity contribution is -0.141. The van der Waals surface area contributed by atoms with Crippen molar-refractivity contribution in [3.8, 4) is 11.5 Å². The lowest BCUT2D eigenvalue weighted by Crippen LogP contribution is -2.41. The average molecular weight is 335 g/mol. The van der Waals surface area contributed by atoms with E-state index in [0.29, 0.717) is 30.9 Å². The Morgan fingerprint density at radius 3 is 2.50 bits per heavy atom. The van der Waals surface area contributed by atoms with Crippen molar-refractivity contribution in [1.82, 2.24) is 4.90 Å². The van der Waals surface area contributed by atoms with Gasteiger partial charge in [0.2, 0.25) is 5.91 Å². The predicted octanol–water partition coefficient (Wildman–Crippen LogP) is 2.79. The zero-order valence-electron chi connectivity index (χ0n) is 14.5. The van der Waals surface area contributed by atoms with Crippen molar-refractivity contribution in [1.29, 1.82) is 0 Å². The van der Waals surface area contributed by atoms with Crippen LogP contribution in [0.4, 0.5) is 0 Å². The molecule has 1 amide bonds. The van der Waals surface area contributed by atoms with E-state index in [1.54, 1.807) is 25.2 Å². The van der Waals surface area contributed by atoms with E-state index in [4.69, 9.17) is 9.47 Å². The van der Waals surface area contributed by atoms with E-state index in [-0.39, 0.29) is 12.3 Å². The Labute approximate surface area is 142 Å². The van der Waals surface area contributed by atoms with Crippen LogP contribution >= 0.6 is 0 Å². The first-order valence-electron chi connectivity index (χ1n) is 8.27. The van der Waals surface area contributed by atoms with Crippen molar-refractivity contribution in [2.24, 2.45) is 0 Å². The molecule has 1 N–H and O–H groups in total. The van der Waals surface area contributed by atoms with Gasteiger partial charge in [0.25, 0.3) is 0 Å². The minimum atomic E-state index is -0.920. The zero-order chi connectivity index (χ0) is 17.7. The Bertz CT molecular complexity index is 614. The van der Waals surface area contributed by atoms with E-state index in [2.05, 4.69) is 0 Å². The molecule has 6 nitrogen and oxygen atoms in total. The number of unbranched alkanes of at least 4 members (excludes halogenated alkanes) is 1. The van der Waals surface area contributed by atoms with Gasteiger partial charge in [0.1, 0.15) is 0 Å². The second-order valence-electron chi connectivity index (χ2n) is 5.96. The molecule has 6 heteroatoms.